The van der Waals surface area contributed by atoms with Gasteiger partial charge >= 0.3 is 5.97 Å². The van der Waals surface area contributed by atoms with Crippen LogP contribution in [-0.2, 0) is 14.6 Å². The summed E-state index contributed by atoms with van der Waals surface area (Å²) >= 11 is 0. The van der Waals surface area contributed by atoms with E-state index in [2.05, 4.69) is 4.90 Å². The van der Waals surface area contributed by atoms with Crippen LogP contribution in [0.25, 0.3) is 0 Å². The summed E-state index contributed by atoms with van der Waals surface area (Å²) in [7, 11) is -1.64. The summed E-state index contributed by atoms with van der Waals surface area (Å²) in [5, 5.41) is 10.5. The highest BCUT2D eigenvalue weighted by atomic mass is 32.2. The Morgan fingerprint density at radius 3 is 2.63 bits per heavy atom. The van der Waals surface area contributed by atoms with E-state index < -0.39 is 21.9 Å². The zero-order valence-corrected chi connectivity index (χ0v) is 16.5. The Hall–Kier alpha value is -1.64. The Kier molecular flexibility index (Phi) is 6.08. The third-order valence-corrected chi connectivity index (χ3v) is 6.41. The van der Waals surface area contributed by atoms with Crippen LogP contribution in [-0.4, -0.2) is 75.4 Å². The van der Waals surface area contributed by atoms with Crippen molar-refractivity contribution in [3.8, 4) is 5.75 Å². The van der Waals surface area contributed by atoms with Crippen molar-refractivity contribution in [2.24, 2.45) is 11.8 Å². The van der Waals surface area contributed by atoms with Gasteiger partial charge in [0.2, 0.25) is 0 Å². The van der Waals surface area contributed by atoms with Crippen LogP contribution in [0.1, 0.15) is 23.2 Å². The summed E-state index contributed by atoms with van der Waals surface area (Å²) in [5.41, 5.74) is 0.408. The van der Waals surface area contributed by atoms with Crippen LogP contribution in [0, 0.1) is 11.8 Å². The zero-order chi connectivity index (χ0) is 19.6. The van der Waals surface area contributed by atoms with Gasteiger partial charge in [-0.1, -0.05) is 6.07 Å². The Bertz CT molecular complexity index is 780. The fraction of sp³-hybridized carbons (Fsp3) is 0.632. The topological polar surface area (TPSA) is 93.1 Å². The largest absolute Gasteiger partial charge is 0.488 e. The Morgan fingerprint density at radius 2 is 1.96 bits per heavy atom. The normalized spacial score (nSPS) is 28.6. The van der Waals surface area contributed by atoms with Crippen LogP contribution in [0.4, 0.5) is 0 Å². The predicted octanol–water partition coefficient (Wildman–Crippen LogP) is 0.968. The number of methoxy groups -OCH3 is 1. The molecule has 8 heteroatoms. The first kappa shape index (κ1) is 20.1. The van der Waals surface area contributed by atoms with Crippen LogP contribution in [0.15, 0.2) is 24.3 Å². The summed E-state index contributed by atoms with van der Waals surface area (Å²) in [6.07, 6.45) is 1.69. The van der Waals surface area contributed by atoms with Gasteiger partial charge in [0.05, 0.1) is 24.5 Å². The molecule has 0 bridgehead atoms. The Morgan fingerprint density at radius 1 is 1.26 bits per heavy atom. The minimum Gasteiger partial charge on any atom is -0.488 e. The number of aliphatic hydroxyl groups excluding tert-OH is 1. The first-order valence-electron chi connectivity index (χ1n) is 9.18. The molecule has 0 spiro atoms. The van der Waals surface area contributed by atoms with Gasteiger partial charge in [0.15, 0.2) is 0 Å². The molecule has 1 heterocycles. The van der Waals surface area contributed by atoms with Gasteiger partial charge in [0, 0.05) is 25.9 Å². The fourth-order valence-electron chi connectivity index (χ4n) is 4.08. The summed E-state index contributed by atoms with van der Waals surface area (Å²) < 4.78 is 33.5. The number of benzene rings is 1. The maximum absolute atomic E-state index is 11.7. The van der Waals surface area contributed by atoms with Gasteiger partial charge in [-0.25, -0.2) is 13.2 Å². The highest BCUT2D eigenvalue weighted by Crippen LogP contribution is 2.38. The highest BCUT2D eigenvalue weighted by Gasteiger charge is 2.42. The van der Waals surface area contributed by atoms with Crippen molar-refractivity contribution in [1.29, 1.82) is 0 Å². The van der Waals surface area contributed by atoms with Crippen molar-refractivity contribution in [2.75, 3.05) is 38.8 Å². The average molecular weight is 397 g/mol. The number of rotatable bonds is 6. The van der Waals surface area contributed by atoms with Gasteiger partial charge in [0.25, 0.3) is 0 Å². The molecule has 1 aliphatic carbocycles. The van der Waals surface area contributed by atoms with Gasteiger partial charge in [-0.05, 0) is 42.9 Å². The molecule has 1 aromatic rings. The molecule has 1 aromatic carbocycles. The molecule has 0 aromatic heterocycles. The molecule has 1 aliphatic heterocycles. The minimum atomic E-state index is -2.97. The van der Waals surface area contributed by atoms with Crippen molar-refractivity contribution in [2.45, 2.75) is 25.0 Å². The van der Waals surface area contributed by atoms with Gasteiger partial charge < -0.3 is 19.5 Å². The molecule has 3 rings (SSSR count). The molecule has 1 saturated heterocycles. The highest BCUT2D eigenvalue weighted by molar-refractivity contribution is 7.90. The third-order valence-electron chi connectivity index (χ3n) is 5.48. The van der Waals surface area contributed by atoms with Gasteiger partial charge in [-0.15, -0.1) is 0 Å². The SMILES string of the molecule is COC(=O)c1cccc(O[C@@H]2C[C@@H]3CN(CCS(C)(=O)=O)C[C@@H]3C[C@H]2O)c1. The van der Waals surface area contributed by atoms with E-state index in [9.17, 15) is 18.3 Å². The van der Waals surface area contributed by atoms with Gasteiger partial charge in [-0.2, -0.15) is 0 Å². The molecule has 2 aliphatic rings. The smallest absolute Gasteiger partial charge is 0.337 e. The Labute approximate surface area is 160 Å². The van der Waals surface area contributed by atoms with Crippen LogP contribution in [0.3, 0.4) is 0 Å². The number of ether oxygens (including phenoxy) is 2. The molecule has 1 N–H and O–H groups in total. The minimum absolute atomic E-state index is 0.162. The lowest BCUT2D eigenvalue weighted by molar-refractivity contribution is -0.0231. The molecule has 150 valence electrons. The molecule has 7 nitrogen and oxygen atoms in total. The van der Waals surface area contributed by atoms with Crippen molar-refractivity contribution in [3.05, 3.63) is 29.8 Å². The van der Waals surface area contributed by atoms with Gasteiger partial charge in [0.1, 0.15) is 21.7 Å². The van der Waals surface area contributed by atoms with Crippen LogP contribution in [0.2, 0.25) is 0 Å². The van der Waals surface area contributed by atoms with Crippen LogP contribution >= 0.6 is 0 Å². The van der Waals surface area contributed by atoms with E-state index in [0.717, 1.165) is 13.1 Å². The summed E-state index contributed by atoms with van der Waals surface area (Å²) in [6, 6.07) is 6.76. The second kappa shape index (κ2) is 8.16. The first-order valence-corrected chi connectivity index (χ1v) is 11.2. The number of carbonyl (C=O) groups excluding carboxylic acids is 1. The molecule has 1 saturated carbocycles. The number of nitrogens with zero attached hydrogens (tertiary/aromatic N) is 1. The van der Waals surface area contributed by atoms with E-state index in [4.69, 9.17) is 9.47 Å². The number of hydrogen-bond acceptors (Lipinski definition) is 7. The number of hydrogen-bond donors (Lipinski definition) is 1. The standard InChI is InChI=1S/C19H27NO6S/c1-25-19(22)13-4-3-5-16(8-13)26-18-10-15-12-20(6-7-27(2,23)24)11-14(15)9-17(18)21/h3-5,8,14-15,17-18,21H,6-7,9-12H2,1-2H3/t14-,15+,17+,18+/m0/s1. The number of sulfone groups is 1. The van der Waals surface area contributed by atoms with Crippen LogP contribution < -0.4 is 4.74 Å². The quantitative estimate of drug-likeness (QED) is 0.715. The van der Waals surface area contributed by atoms with Crippen LogP contribution in [0.5, 0.6) is 5.75 Å². The number of fused-ring (bicyclic) bond motifs is 1. The van der Waals surface area contributed by atoms with Crippen molar-refractivity contribution in [1.82, 2.24) is 4.90 Å². The van der Waals surface area contributed by atoms with E-state index in [1.54, 1.807) is 24.3 Å². The molecular formula is C19H27NO6S. The number of likely N-dealkylation sites (tertiary alicyclic amines) is 1. The van der Waals surface area contributed by atoms with E-state index in [-0.39, 0.29) is 11.9 Å². The van der Waals surface area contributed by atoms with E-state index in [0.29, 0.717) is 42.5 Å². The molecule has 0 amide bonds. The Balaban J connectivity index is 1.60. The monoisotopic (exact) mass is 397 g/mol. The van der Waals surface area contributed by atoms with E-state index in [1.807, 2.05) is 0 Å². The maximum Gasteiger partial charge on any atom is 0.337 e. The predicted molar refractivity (Wildman–Crippen MR) is 101 cm³/mol. The summed E-state index contributed by atoms with van der Waals surface area (Å²) in [6.45, 7) is 2.19. The lowest BCUT2D eigenvalue weighted by atomic mass is 9.78. The molecule has 4 atom stereocenters. The van der Waals surface area contributed by atoms with Crippen molar-refractivity contribution in [3.63, 3.8) is 0 Å². The molecular weight excluding hydrogens is 370 g/mol. The summed E-state index contributed by atoms with van der Waals surface area (Å²) in [5.74, 6) is 1.01. The lowest BCUT2D eigenvalue weighted by Crippen LogP contribution is -2.42. The van der Waals surface area contributed by atoms with E-state index >= 15 is 0 Å². The number of carbonyl (C=O) groups is 1. The van der Waals surface area contributed by atoms with Crippen molar-refractivity contribution < 1.29 is 27.8 Å². The third kappa shape index (κ3) is 5.21. The zero-order valence-electron chi connectivity index (χ0n) is 15.7. The van der Waals surface area contributed by atoms with E-state index in [1.165, 1.54) is 13.4 Å². The first-order chi connectivity index (χ1) is 12.7. The number of aliphatic hydroxyl groups is 1. The lowest BCUT2D eigenvalue weighted by Gasteiger charge is -2.35. The molecule has 2 fully saturated rings. The van der Waals surface area contributed by atoms with Gasteiger partial charge in [-0.3, -0.25) is 0 Å². The molecule has 0 radical (unpaired) electrons. The average Bonchev–Trinajstić information content (AvgIpc) is 3.01. The van der Waals surface area contributed by atoms with Crippen molar-refractivity contribution >= 4 is 15.8 Å². The number of esters is 1. The fourth-order valence-corrected chi connectivity index (χ4v) is 4.67. The maximum atomic E-state index is 11.7. The second-order valence-corrected chi connectivity index (χ2v) is 9.88. The molecule has 0 unspecified atom stereocenters. The summed E-state index contributed by atoms with van der Waals surface area (Å²) in [4.78, 5) is 13.8. The molecule has 27 heavy (non-hydrogen) atoms. The second-order valence-electron chi connectivity index (χ2n) is 7.62.